The van der Waals surface area contributed by atoms with Crippen LogP contribution in [0.15, 0.2) is 36.7 Å². The molecule has 0 spiro atoms. The van der Waals surface area contributed by atoms with E-state index in [1.807, 2.05) is 0 Å². The van der Waals surface area contributed by atoms with E-state index in [0.717, 1.165) is 17.1 Å². The molecule has 2 aromatic rings. The van der Waals surface area contributed by atoms with Crippen LogP contribution in [0.25, 0.3) is 5.69 Å². The lowest BCUT2D eigenvalue weighted by atomic mass is 10.1. The van der Waals surface area contributed by atoms with E-state index in [1.165, 1.54) is 0 Å². The van der Waals surface area contributed by atoms with Gasteiger partial charge in [0.15, 0.2) is 0 Å². The summed E-state index contributed by atoms with van der Waals surface area (Å²) >= 11 is 0. The molecule has 1 atom stereocenters. The second kappa shape index (κ2) is 4.45. The maximum absolute atomic E-state index is 12.5. The van der Waals surface area contributed by atoms with E-state index < -0.39 is 17.8 Å². The average Bonchev–Trinajstić information content (AvgIpc) is 2.77. The second-order valence-electron chi connectivity index (χ2n) is 3.91. The molecule has 1 aromatic heterocycles. The monoisotopic (exact) mass is 256 g/mol. The standard InChI is InChI=1S/C12H11F3N2O/c1-8(18)10-4-2-3-5-11(10)17-7-9(6-16-17)12(13,14)15/h2-8,18H,1H3/t8-/m1/s1. The summed E-state index contributed by atoms with van der Waals surface area (Å²) in [5, 5.41) is 13.3. The van der Waals surface area contributed by atoms with E-state index in [9.17, 15) is 18.3 Å². The number of hydrogen-bond donors (Lipinski definition) is 1. The Morgan fingerprint density at radius 1 is 1.28 bits per heavy atom. The minimum absolute atomic E-state index is 0.433. The number of para-hydroxylation sites is 1. The molecule has 0 unspecified atom stereocenters. The van der Waals surface area contributed by atoms with Crippen LogP contribution in [0.3, 0.4) is 0 Å². The van der Waals surface area contributed by atoms with Crippen molar-refractivity contribution in [2.75, 3.05) is 0 Å². The van der Waals surface area contributed by atoms with Crippen LogP contribution in [-0.4, -0.2) is 14.9 Å². The molecule has 1 heterocycles. The molecule has 0 fully saturated rings. The number of hydrogen-bond acceptors (Lipinski definition) is 2. The maximum atomic E-state index is 12.5. The second-order valence-corrected chi connectivity index (χ2v) is 3.91. The summed E-state index contributed by atoms with van der Waals surface area (Å²) in [7, 11) is 0. The maximum Gasteiger partial charge on any atom is 0.419 e. The first kappa shape index (κ1) is 12.6. The predicted molar refractivity (Wildman–Crippen MR) is 59.2 cm³/mol. The molecule has 96 valence electrons. The first-order chi connectivity index (χ1) is 8.39. The van der Waals surface area contributed by atoms with E-state index in [4.69, 9.17) is 0 Å². The highest BCUT2D eigenvalue weighted by molar-refractivity contribution is 5.42. The van der Waals surface area contributed by atoms with Crippen LogP contribution in [0.2, 0.25) is 0 Å². The highest BCUT2D eigenvalue weighted by atomic mass is 19.4. The first-order valence-corrected chi connectivity index (χ1v) is 5.29. The van der Waals surface area contributed by atoms with E-state index >= 15 is 0 Å². The van der Waals surface area contributed by atoms with Crippen LogP contribution in [0.4, 0.5) is 13.2 Å². The number of halogens is 3. The zero-order valence-corrected chi connectivity index (χ0v) is 9.52. The molecular formula is C12H11F3N2O. The molecule has 0 bridgehead atoms. The Kier molecular flexibility index (Phi) is 3.13. The summed E-state index contributed by atoms with van der Waals surface area (Å²) in [4.78, 5) is 0. The van der Waals surface area contributed by atoms with Crippen LogP contribution < -0.4 is 0 Å². The van der Waals surface area contributed by atoms with E-state index in [2.05, 4.69) is 5.10 Å². The topological polar surface area (TPSA) is 38.0 Å². The van der Waals surface area contributed by atoms with Crippen LogP contribution in [0, 0.1) is 0 Å². The molecule has 6 heteroatoms. The van der Waals surface area contributed by atoms with Crippen molar-refractivity contribution < 1.29 is 18.3 Å². The normalized spacial score (nSPS) is 13.6. The smallest absolute Gasteiger partial charge is 0.389 e. The van der Waals surface area contributed by atoms with Gasteiger partial charge < -0.3 is 5.11 Å². The summed E-state index contributed by atoms with van der Waals surface area (Å²) < 4.78 is 38.5. The number of benzene rings is 1. The summed E-state index contributed by atoms with van der Waals surface area (Å²) in [5.41, 5.74) is 0.139. The van der Waals surface area contributed by atoms with Crippen LogP contribution in [0.1, 0.15) is 24.2 Å². The number of aliphatic hydroxyl groups excluding tert-OH is 1. The fourth-order valence-electron chi connectivity index (χ4n) is 1.65. The van der Waals surface area contributed by atoms with Crippen molar-refractivity contribution in [3.8, 4) is 5.69 Å². The Hall–Kier alpha value is -1.82. The quantitative estimate of drug-likeness (QED) is 0.897. The number of rotatable bonds is 2. The van der Waals surface area contributed by atoms with Gasteiger partial charge in [0.25, 0.3) is 0 Å². The van der Waals surface area contributed by atoms with Crippen LogP contribution in [0.5, 0.6) is 0 Å². The van der Waals surface area contributed by atoms with Gasteiger partial charge in [-0.2, -0.15) is 18.3 Å². The van der Waals surface area contributed by atoms with Crippen molar-refractivity contribution in [2.24, 2.45) is 0 Å². The van der Waals surface area contributed by atoms with Crippen molar-refractivity contribution >= 4 is 0 Å². The molecule has 0 radical (unpaired) electrons. The molecule has 0 saturated carbocycles. The van der Waals surface area contributed by atoms with Crippen molar-refractivity contribution in [2.45, 2.75) is 19.2 Å². The molecule has 1 aromatic carbocycles. The van der Waals surface area contributed by atoms with Crippen molar-refractivity contribution in [3.63, 3.8) is 0 Å². The lowest BCUT2D eigenvalue weighted by molar-refractivity contribution is -0.137. The lowest BCUT2D eigenvalue weighted by Crippen LogP contribution is -2.04. The van der Waals surface area contributed by atoms with Crippen molar-refractivity contribution in [1.29, 1.82) is 0 Å². The third-order valence-electron chi connectivity index (χ3n) is 2.54. The van der Waals surface area contributed by atoms with Gasteiger partial charge in [0, 0.05) is 11.8 Å². The fraction of sp³-hybridized carbons (Fsp3) is 0.250. The van der Waals surface area contributed by atoms with Gasteiger partial charge in [-0.25, -0.2) is 4.68 Å². The lowest BCUT2D eigenvalue weighted by Gasteiger charge is -2.11. The van der Waals surface area contributed by atoms with Gasteiger partial charge >= 0.3 is 6.18 Å². The SMILES string of the molecule is C[C@@H](O)c1ccccc1-n1cc(C(F)(F)F)cn1. The summed E-state index contributed by atoms with van der Waals surface area (Å²) in [6.07, 6.45) is -3.53. The average molecular weight is 256 g/mol. The molecule has 0 saturated heterocycles. The van der Waals surface area contributed by atoms with Gasteiger partial charge in [0.05, 0.1) is 23.6 Å². The molecule has 1 N–H and O–H groups in total. The Bertz CT molecular complexity index is 546. The molecule has 18 heavy (non-hydrogen) atoms. The summed E-state index contributed by atoms with van der Waals surface area (Å²) in [5.74, 6) is 0. The van der Waals surface area contributed by atoms with Gasteiger partial charge in [-0.05, 0) is 13.0 Å². The Morgan fingerprint density at radius 3 is 2.50 bits per heavy atom. The highest BCUT2D eigenvalue weighted by Crippen LogP contribution is 2.30. The van der Waals surface area contributed by atoms with Crippen LogP contribution in [-0.2, 0) is 6.18 Å². The Morgan fingerprint density at radius 2 is 1.94 bits per heavy atom. The van der Waals surface area contributed by atoms with Crippen molar-refractivity contribution in [3.05, 3.63) is 47.8 Å². The molecule has 2 rings (SSSR count). The molecule has 3 nitrogen and oxygen atoms in total. The molecule has 0 amide bonds. The molecule has 0 aliphatic carbocycles. The van der Waals surface area contributed by atoms with Gasteiger partial charge in [0.1, 0.15) is 0 Å². The Labute approximate surface area is 101 Å². The zero-order valence-electron chi connectivity index (χ0n) is 9.52. The van der Waals surface area contributed by atoms with E-state index in [1.54, 1.807) is 31.2 Å². The summed E-state index contributed by atoms with van der Waals surface area (Å²) in [6, 6.07) is 6.64. The largest absolute Gasteiger partial charge is 0.419 e. The highest BCUT2D eigenvalue weighted by Gasteiger charge is 2.32. The van der Waals surface area contributed by atoms with E-state index in [-0.39, 0.29) is 0 Å². The van der Waals surface area contributed by atoms with Gasteiger partial charge in [-0.1, -0.05) is 18.2 Å². The third kappa shape index (κ3) is 2.38. The minimum atomic E-state index is -4.42. The van der Waals surface area contributed by atoms with Gasteiger partial charge in [-0.15, -0.1) is 0 Å². The number of alkyl halides is 3. The molecule has 0 aliphatic heterocycles. The molecule has 0 aliphatic rings. The summed E-state index contributed by atoms with van der Waals surface area (Å²) in [6.45, 7) is 1.55. The fourth-order valence-corrected chi connectivity index (χ4v) is 1.65. The van der Waals surface area contributed by atoms with Gasteiger partial charge in [0.2, 0.25) is 0 Å². The van der Waals surface area contributed by atoms with Gasteiger partial charge in [-0.3, -0.25) is 0 Å². The van der Waals surface area contributed by atoms with Crippen LogP contribution >= 0.6 is 0 Å². The third-order valence-corrected chi connectivity index (χ3v) is 2.54. The predicted octanol–water partition coefficient (Wildman–Crippen LogP) is 2.94. The zero-order chi connectivity index (χ0) is 13.3. The van der Waals surface area contributed by atoms with Crippen molar-refractivity contribution in [1.82, 2.24) is 9.78 Å². The minimum Gasteiger partial charge on any atom is -0.389 e. The molecular weight excluding hydrogens is 245 g/mol. The Balaban J connectivity index is 2.47. The number of aromatic nitrogens is 2. The number of nitrogens with zero attached hydrogens (tertiary/aromatic N) is 2. The first-order valence-electron chi connectivity index (χ1n) is 5.29. The van der Waals surface area contributed by atoms with E-state index in [0.29, 0.717) is 11.3 Å². The number of aliphatic hydroxyl groups is 1.